The molecule has 0 aromatic carbocycles. The summed E-state index contributed by atoms with van der Waals surface area (Å²) in [5.41, 5.74) is 1.41. The highest BCUT2D eigenvalue weighted by molar-refractivity contribution is 7.07. The Bertz CT molecular complexity index is 288. The van der Waals surface area contributed by atoms with Crippen LogP contribution in [0.5, 0.6) is 0 Å². The molecule has 0 aliphatic carbocycles. The highest BCUT2D eigenvalue weighted by Crippen LogP contribution is 2.07. The molecule has 0 atom stereocenters. The Morgan fingerprint density at radius 3 is 2.89 bits per heavy atom. The maximum absolute atomic E-state index is 5.49. The molecule has 0 amide bonds. The molecule has 0 saturated heterocycles. The van der Waals surface area contributed by atoms with Crippen molar-refractivity contribution in [2.45, 2.75) is 32.9 Å². The van der Waals surface area contributed by atoms with E-state index < -0.39 is 0 Å². The number of nitrogens with one attached hydrogen (secondary N) is 1. The van der Waals surface area contributed by atoms with Crippen molar-refractivity contribution < 1.29 is 4.74 Å². The fraction of sp³-hybridized carbons (Fsp3) is 0.714. The first kappa shape index (κ1) is 15.6. The summed E-state index contributed by atoms with van der Waals surface area (Å²) in [7, 11) is 2.17. The van der Waals surface area contributed by atoms with Gasteiger partial charge in [0.05, 0.1) is 6.10 Å². The highest BCUT2D eigenvalue weighted by atomic mass is 32.1. The molecular formula is C14H26N2OS. The monoisotopic (exact) mass is 270 g/mol. The van der Waals surface area contributed by atoms with Gasteiger partial charge in [-0.2, -0.15) is 11.3 Å². The molecule has 1 heterocycles. The zero-order valence-electron chi connectivity index (χ0n) is 11.8. The van der Waals surface area contributed by atoms with Gasteiger partial charge in [-0.05, 0) is 56.3 Å². The second-order valence-corrected chi connectivity index (χ2v) is 5.67. The Labute approximate surface area is 115 Å². The molecule has 4 heteroatoms. The molecule has 0 unspecified atom stereocenters. The van der Waals surface area contributed by atoms with E-state index in [0.29, 0.717) is 6.10 Å². The van der Waals surface area contributed by atoms with E-state index in [4.69, 9.17) is 4.74 Å². The summed E-state index contributed by atoms with van der Waals surface area (Å²) in [5, 5.41) is 7.80. The Balaban J connectivity index is 1.91. The van der Waals surface area contributed by atoms with Gasteiger partial charge in [-0.3, -0.25) is 0 Å². The van der Waals surface area contributed by atoms with Crippen LogP contribution in [0.4, 0.5) is 0 Å². The molecule has 1 N–H and O–H groups in total. The number of hydrogen-bond donors (Lipinski definition) is 1. The molecule has 0 aliphatic heterocycles. The van der Waals surface area contributed by atoms with E-state index in [2.05, 4.69) is 47.9 Å². The first-order chi connectivity index (χ1) is 8.68. The van der Waals surface area contributed by atoms with E-state index in [1.807, 2.05) is 0 Å². The lowest BCUT2D eigenvalue weighted by Gasteiger charge is -2.16. The topological polar surface area (TPSA) is 24.5 Å². The predicted molar refractivity (Wildman–Crippen MR) is 79.2 cm³/mol. The Morgan fingerprint density at radius 1 is 1.39 bits per heavy atom. The maximum Gasteiger partial charge on any atom is 0.0518 e. The van der Waals surface area contributed by atoms with Crippen molar-refractivity contribution in [3.05, 3.63) is 22.4 Å². The van der Waals surface area contributed by atoms with Crippen LogP contribution < -0.4 is 5.32 Å². The third-order valence-corrected chi connectivity index (χ3v) is 3.38. The van der Waals surface area contributed by atoms with Crippen molar-refractivity contribution >= 4 is 11.3 Å². The molecule has 1 rings (SSSR count). The van der Waals surface area contributed by atoms with Gasteiger partial charge in [-0.1, -0.05) is 0 Å². The van der Waals surface area contributed by atoms with Crippen molar-refractivity contribution in [1.82, 2.24) is 10.2 Å². The molecule has 104 valence electrons. The average Bonchev–Trinajstić information content (AvgIpc) is 2.80. The van der Waals surface area contributed by atoms with E-state index in [9.17, 15) is 0 Å². The Morgan fingerprint density at radius 2 is 2.22 bits per heavy atom. The van der Waals surface area contributed by atoms with Gasteiger partial charge in [0.15, 0.2) is 0 Å². The molecular weight excluding hydrogens is 244 g/mol. The zero-order chi connectivity index (χ0) is 13.2. The lowest BCUT2D eigenvalue weighted by atomic mass is 10.3. The van der Waals surface area contributed by atoms with Crippen LogP contribution in [-0.4, -0.2) is 44.3 Å². The van der Waals surface area contributed by atoms with Gasteiger partial charge in [-0.15, -0.1) is 0 Å². The molecule has 0 bridgehead atoms. The maximum atomic E-state index is 5.49. The van der Waals surface area contributed by atoms with Crippen LogP contribution >= 0.6 is 11.3 Å². The third-order valence-electron chi connectivity index (χ3n) is 2.65. The summed E-state index contributed by atoms with van der Waals surface area (Å²) in [6, 6.07) is 2.19. The molecule has 0 aliphatic rings. The smallest absolute Gasteiger partial charge is 0.0518 e. The van der Waals surface area contributed by atoms with Crippen LogP contribution in [-0.2, 0) is 11.3 Å². The summed E-state index contributed by atoms with van der Waals surface area (Å²) in [4.78, 5) is 2.35. The first-order valence-corrected chi connectivity index (χ1v) is 7.64. The normalized spacial score (nSPS) is 11.6. The summed E-state index contributed by atoms with van der Waals surface area (Å²) in [5.74, 6) is 0. The van der Waals surface area contributed by atoms with Gasteiger partial charge in [0.25, 0.3) is 0 Å². The van der Waals surface area contributed by atoms with Crippen LogP contribution in [0, 0.1) is 0 Å². The second kappa shape index (κ2) is 9.50. The van der Waals surface area contributed by atoms with Gasteiger partial charge < -0.3 is 15.0 Å². The number of likely N-dealkylation sites (N-methyl/N-ethyl adjacent to an activating group) is 1. The zero-order valence-corrected chi connectivity index (χ0v) is 12.6. The van der Waals surface area contributed by atoms with E-state index in [1.165, 1.54) is 5.56 Å². The number of ether oxygens (including phenoxy) is 1. The SMILES string of the molecule is CC(C)OCCCNCCN(C)Cc1ccsc1. The van der Waals surface area contributed by atoms with Crippen LogP contribution in [0.15, 0.2) is 16.8 Å². The van der Waals surface area contributed by atoms with Crippen molar-refractivity contribution in [3.63, 3.8) is 0 Å². The van der Waals surface area contributed by atoms with Crippen LogP contribution in [0.25, 0.3) is 0 Å². The first-order valence-electron chi connectivity index (χ1n) is 6.70. The average molecular weight is 270 g/mol. The van der Waals surface area contributed by atoms with Crippen molar-refractivity contribution in [2.75, 3.05) is 33.3 Å². The van der Waals surface area contributed by atoms with Crippen LogP contribution in [0.3, 0.4) is 0 Å². The molecule has 1 aromatic rings. The number of hydrogen-bond acceptors (Lipinski definition) is 4. The van der Waals surface area contributed by atoms with Gasteiger partial charge in [-0.25, -0.2) is 0 Å². The second-order valence-electron chi connectivity index (χ2n) is 4.89. The fourth-order valence-electron chi connectivity index (χ4n) is 1.68. The van der Waals surface area contributed by atoms with Gasteiger partial charge in [0, 0.05) is 26.2 Å². The summed E-state index contributed by atoms with van der Waals surface area (Å²) in [6.45, 7) is 9.22. The highest BCUT2D eigenvalue weighted by Gasteiger charge is 2.00. The lowest BCUT2D eigenvalue weighted by Crippen LogP contribution is -2.29. The number of thiophene rings is 1. The quantitative estimate of drug-likeness (QED) is 0.661. The van der Waals surface area contributed by atoms with E-state index in [0.717, 1.165) is 39.2 Å². The van der Waals surface area contributed by atoms with Crippen LogP contribution in [0.1, 0.15) is 25.8 Å². The molecule has 0 fully saturated rings. The molecule has 18 heavy (non-hydrogen) atoms. The molecule has 3 nitrogen and oxygen atoms in total. The summed E-state index contributed by atoms with van der Waals surface area (Å²) in [6.07, 6.45) is 1.44. The van der Waals surface area contributed by atoms with Crippen LogP contribution in [0.2, 0.25) is 0 Å². The molecule has 1 aromatic heterocycles. The molecule has 0 saturated carbocycles. The fourth-order valence-corrected chi connectivity index (χ4v) is 2.34. The van der Waals surface area contributed by atoms with Gasteiger partial charge >= 0.3 is 0 Å². The Kier molecular flexibility index (Phi) is 8.25. The van der Waals surface area contributed by atoms with Gasteiger partial charge in [0.2, 0.25) is 0 Å². The Hall–Kier alpha value is -0.420. The minimum atomic E-state index is 0.349. The van der Waals surface area contributed by atoms with E-state index in [-0.39, 0.29) is 0 Å². The van der Waals surface area contributed by atoms with E-state index >= 15 is 0 Å². The largest absolute Gasteiger partial charge is 0.379 e. The lowest BCUT2D eigenvalue weighted by molar-refractivity contribution is 0.0770. The van der Waals surface area contributed by atoms with Crippen molar-refractivity contribution in [1.29, 1.82) is 0 Å². The van der Waals surface area contributed by atoms with Crippen molar-refractivity contribution in [3.8, 4) is 0 Å². The minimum absolute atomic E-state index is 0.349. The van der Waals surface area contributed by atoms with Crippen molar-refractivity contribution in [2.24, 2.45) is 0 Å². The number of rotatable bonds is 10. The standard InChI is InChI=1S/C14H26N2OS/c1-13(2)17-9-4-6-15-7-8-16(3)11-14-5-10-18-12-14/h5,10,12-13,15H,4,6-9,11H2,1-3H3. The number of nitrogens with zero attached hydrogens (tertiary/aromatic N) is 1. The van der Waals surface area contributed by atoms with Gasteiger partial charge in [0.1, 0.15) is 0 Å². The summed E-state index contributed by atoms with van der Waals surface area (Å²) < 4.78 is 5.49. The third kappa shape index (κ3) is 7.82. The molecule has 0 radical (unpaired) electrons. The summed E-state index contributed by atoms with van der Waals surface area (Å²) >= 11 is 1.77. The molecule has 0 spiro atoms. The van der Waals surface area contributed by atoms with E-state index in [1.54, 1.807) is 11.3 Å². The minimum Gasteiger partial charge on any atom is -0.379 e. The predicted octanol–water partition coefficient (Wildman–Crippen LogP) is 2.58.